The molecule has 0 spiro atoms. The fraction of sp³-hybridized carbons (Fsp3) is 0.393. The summed E-state index contributed by atoms with van der Waals surface area (Å²) in [6, 6.07) is 8.32. The van der Waals surface area contributed by atoms with E-state index in [1.807, 2.05) is 0 Å². The van der Waals surface area contributed by atoms with Crippen LogP contribution in [0.4, 0.5) is 5.69 Å². The lowest BCUT2D eigenvalue weighted by atomic mass is 9.49. The van der Waals surface area contributed by atoms with Gasteiger partial charge in [0.25, 0.3) is 5.69 Å². The number of amides is 1. The maximum absolute atomic E-state index is 14.1. The number of nitro groups is 1. The van der Waals surface area contributed by atoms with Crippen LogP contribution in [0, 0.1) is 33.8 Å². The topological polar surface area (TPSA) is 218 Å². The first-order chi connectivity index (χ1) is 19.2. The van der Waals surface area contributed by atoms with Crippen LogP contribution in [-0.2, 0) is 25.6 Å². The minimum Gasteiger partial charge on any atom is -0.507 e. The molecule has 0 saturated heterocycles. The lowest BCUT2D eigenvalue weighted by Gasteiger charge is -2.56. The number of aromatic hydroxyl groups is 1. The summed E-state index contributed by atoms with van der Waals surface area (Å²) >= 11 is 0. The van der Waals surface area contributed by atoms with Crippen molar-refractivity contribution >= 4 is 34.7 Å². The summed E-state index contributed by atoms with van der Waals surface area (Å²) in [6.45, 7) is 0. The number of rotatable bonds is 5. The van der Waals surface area contributed by atoms with E-state index in [-0.39, 0.29) is 23.2 Å². The molecule has 0 aliphatic heterocycles. The Morgan fingerprint density at radius 2 is 1.76 bits per heavy atom. The highest BCUT2D eigenvalue weighted by Gasteiger charge is 2.73. The number of benzene rings is 2. The maximum atomic E-state index is 14.1. The molecule has 13 nitrogen and oxygen atoms in total. The molecule has 0 aromatic heterocycles. The van der Waals surface area contributed by atoms with Gasteiger partial charge in [-0.25, -0.2) is 0 Å². The van der Waals surface area contributed by atoms with Crippen molar-refractivity contribution in [2.75, 3.05) is 14.1 Å². The molecular weight excluding hydrogens is 538 g/mol. The zero-order valence-electron chi connectivity index (χ0n) is 22.0. The van der Waals surface area contributed by atoms with E-state index < -0.39 is 87.0 Å². The third-order valence-electron chi connectivity index (χ3n) is 8.73. The Hall–Kier alpha value is -4.33. The Kier molecular flexibility index (Phi) is 6.64. The van der Waals surface area contributed by atoms with E-state index in [0.717, 1.165) is 0 Å². The van der Waals surface area contributed by atoms with Gasteiger partial charge in [-0.1, -0.05) is 24.3 Å². The van der Waals surface area contributed by atoms with Crippen molar-refractivity contribution in [3.63, 3.8) is 0 Å². The first-order valence-corrected chi connectivity index (χ1v) is 12.8. The standard InChI is InChI=1S/C28H27N3O10/c1-30(2)21-20-23(34)17-14(10-11-5-3-6-12(9-11)31(40)41)13-7-4-8-15(32)16(13)22(33)18(17)25(36)28(20,39)26(37)19(24(21)35)27(29)38/h3-9,14,17-21,23,32,34,39H,10H2,1-2H3,(H2,29,38). The van der Waals surface area contributed by atoms with Crippen LogP contribution in [-0.4, -0.2) is 86.0 Å². The molecule has 3 aliphatic carbocycles. The normalized spacial score (nSPS) is 32.8. The van der Waals surface area contributed by atoms with Crippen LogP contribution < -0.4 is 5.73 Å². The number of primary amides is 1. The number of phenolic OH excluding ortho intramolecular Hbond substituents is 1. The zero-order valence-corrected chi connectivity index (χ0v) is 22.0. The van der Waals surface area contributed by atoms with Crippen LogP contribution in [0.25, 0.3) is 0 Å². The molecule has 41 heavy (non-hydrogen) atoms. The predicted octanol–water partition coefficient (Wildman–Crippen LogP) is -0.470. The second kappa shape index (κ2) is 9.65. The Bertz CT molecular complexity index is 1540. The van der Waals surface area contributed by atoms with Crippen molar-refractivity contribution in [3.05, 3.63) is 69.3 Å². The number of aliphatic hydroxyl groups excluding tert-OH is 1. The number of phenols is 1. The van der Waals surface area contributed by atoms with E-state index in [1.54, 1.807) is 6.07 Å². The molecule has 1 amide bonds. The summed E-state index contributed by atoms with van der Waals surface area (Å²) in [4.78, 5) is 79.0. The molecule has 3 aliphatic rings. The average molecular weight is 566 g/mol. The largest absolute Gasteiger partial charge is 0.507 e. The number of likely N-dealkylation sites (N-methyl/N-ethyl adjacent to an activating group) is 1. The summed E-state index contributed by atoms with van der Waals surface area (Å²) in [5.41, 5.74) is 2.41. The predicted molar refractivity (Wildman–Crippen MR) is 139 cm³/mol. The van der Waals surface area contributed by atoms with Crippen molar-refractivity contribution < 1.29 is 44.2 Å². The Morgan fingerprint density at radius 1 is 1.10 bits per heavy atom. The van der Waals surface area contributed by atoms with E-state index in [4.69, 9.17) is 5.73 Å². The van der Waals surface area contributed by atoms with E-state index >= 15 is 0 Å². The molecule has 5 rings (SSSR count). The van der Waals surface area contributed by atoms with Crippen LogP contribution in [0.1, 0.15) is 27.4 Å². The van der Waals surface area contributed by atoms with Gasteiger partial charge in [0.05, 0.1) is 34.5 Å². The Morgan fingerprint density at radius 3 is 2.37 bits per heavy atom. The molecule has 8 atom stereocenters. The summed E-state index contributed by atoms with van der Waals surface area (Å²) in [6.07, 6.45) is -1.86. The molecule has 13 heteroatoms. The number of Topliss-reactive ketones (excluding diaryl/α,β-unsaturated/α-hetero) is 4. The third-order valence-corrected chi connectivity index (χ3v) is 8.73. The molecule has 5 N–H and O–H groups in total. The van der Waals surface area contributed by atoms with E-state index in [2.05, 4.69) is 0 Å². The smallest absolute Gasteiger partial charge is 0.269 e. The van der Waals surface area contributed by atoms with Gasteiger partial charge in [-0.15, -0.1) is 0 Å². The number of carbonyl (C=O) groups is 5. The minimum absolute atomic E-state index is 0.0412. The second-order valence-electron chi connectivity index (χ2n) is 11.1. The second-order valence-corrected chi connectivity index (χ2v) is 11.1. The zero-order chi connectivity index (χ0) is 30.1. The van der Waals surface area contributed by atoms with Gasteiger partial charge in [-0.2, -0.15) is 0 Å². The average Bonchev–Trinajstić information content (AvgIpc) is 2.90. The highest BCUT2D eigenvalue weighted by molar-refractivity contribution is 6.32. The summed E-state index contributed by atoms with van der Waals surface area (Å²) < 4.78 is 0. The number of carbonyl (C=O) groups excluding carboxylic acids is 5. The molecule has 8 unspecified atom stereocenters. The number of hydrogen-bond acceptors (Lipinski definition) is 11. The van der Waals surface area contributed by atoms with Gasteiger partial charge in [-0.3, -0.25) is 39.0 Å². The molecule has 0 radical (unpaired) electrons. The molecule has 214 valence electrons. The maximum Gasteiger partial charge on any atom is 0.269 e. The number of aliphatic hydroxyl groups is 2. The molecule has 2 fully saturated rings. The van der Waals surface area contributed by atoms with Crippen molar-refractivity contribution in [1.29, 1.82) is 0 Å². The fourth-order valence-electron chi connectivity index (χ4n) is 7.06. The lowest BCUT2D eigenvalue weighted by molar-refractivity contribution is -0.384. The molecule has 2 aromatic carbocycles. The molecule has 0 heterocycles. The number of nitrogens with two attached hydrogens (primary N) is 1. The van der Waals surface area contributed by atoms with Crippen LogP contribution in [0.3, 0.4) is 0 Å². The number of nitro benzene ring substituents is 1. The highest BCUT2D eigenvalue weighted by atomic mass is 16.6. The lowest BCUT2D eigenvalue weighted by Crippen LogP contribution is -2.77. The third kappa shape index (κ3) is 3.91. The van der Waals surface area contributed by atoms with E-state index in [1.165, 1.54) is 55.4 Å². The number of non-ortho nitro benzene ring substituents is 1. The van der Waals surface area contributed by atoms with Crippen molar-refractivity contribution in [1.82, 2.24) is 4.90 Å². The van der Waals surface area contributed by atoms with Gasteiger partial charge in [0.1, 0.15) is 5.75 Å². The summed E-state index contributed by atoms with van der Waals surface area (Å²) in [5, 5.41) is 45.7. The minimum atomic E-state index is -3.11. The van der Waals surface area contributed by atoms with Gasteiger partial charge in [0, 0.05) is 18.1 Å². The fourth-order valence-corrected chi connectivity index (χ4v) is 7.06. The van der Waals surface area contributed by atoms with Gasteiger partial charge >= 0.3 is 0 Å². The summed E-state index contributed by atoms with van der Waals surface area (Å²) in [7, 11) is 2.81. The number of fused-ring (bicyclic) bond motifs is 3. The van der Waals surface area contributed by atoms with Crippen molar-refractivity contribution in [2.45, 2.75) is 30.1 Å². The number of ketones is 4. The van der Waals surface area contributed by atoms with E-state index in [9.17, 15) is 49.4 Å². The van der Waals surface area contributed by atoms with Crippen LogP contribution in [0.15, 0.2) is 42.5 Å². The van der Waals surface area contributed by atoms with Gasteiger partial charge in [-0.05, 0) is 43.6 Å². The van der Waals surface area contributed by atoms with Gasteiger partial charge in [0.2, 0.25) is 5.91 Å². The van der Waals surface area contributed by atoms with E-state index in [0.29, 0.717) is 5.56 Å². The molecular formula is C28H27N3O10. The summed E-state index contributed by atoms with van der Waals surface area (Å²) in [5.74, 6) is -14.6. The Balaban J connectivity index is 1.73. The monoisotopic (exact) mass is 565 g/mol. The molecule has 0 bridgehead atoms. The Labute approximate surface area is 232 Å². The number of nitrogens with zero attached hydrogens (tertiary/aromatic N) is 2. The molecule has 2 aromatic rings. The van der Waals surface area contributed by atoms with Gasteiger partial charge in [0.15, 0.2) is 34.7 Å². The van der Waals surface area contributed by atoms with Crippen LogP contribution in [0.2, 0.25) is 0 Å². The SMILES string of the molecule is CN(C)C1C(=O)C(C(N)=O)C(=O)C2(O)C(=O)C3C(=O)c4c(O)cccc4C(Cc4cccc([N+](=O)[O-])c4)C3C(O)C12. The van der Waals surface area contributed by atoms with Crippen molar-refractivity contribution in [2.24, 2.45) is 29.4 Å². The van der Waals surface area contributed by atoms with Crippen LogP contribution in [0.5, 0.6) is 5.75 Å². The first kappa shape index (κ1) is 28.2. The number of hydrogen-bond donors (Lipinski definition) is 4. The molecule has 2 saturated carbocycles. The van der Waals surface area contributed by atoms with Crippen LogP contribution >= 0.6 is 0 Å². The highest BCUT2D eigenvalue weighted by Crippen LogP contribution is 2.55. The first-order valence-electron chi connectivity index (χ1n) is 12.8. The van der Waals surface area contributed by atoms with Crippen molar-refractivity contribution in [3.8, 4) is 5.75 Å². The van der Waals surface area contributed by atoms with Gasteiger partial charge < -0.3 is 21.1 Å². The quantitative estimate of drug-likeness (QED) is 0.206.